The number of pyridine rings is 1. The highest BCUT2D eigenvalue weighted by Crippen LogP contribution is 2.34. The van der Waals surface area contributed by atoms with Crippen molar-refractivity contribution in [3.05, 3.63) is 59.2 Å². The van der Waals surface area contributed by atoms with Crippen LogP contribution in [0, 0.1) is 18.3 Å². The van der Waals surface area contributed by atoms with Gasteiger partial charge in [0.05, 0.1) is 30.5 Å². The summed E-state index contributed by atoms with van der Waals surface area (Å²) in [6.07, 6.45) is 3.82. The van der Waals surface area contributed by atoms with Gasteiger partial charge >= 0.3 is 0 Å². The SMILES string of the molecule is COc1ccc(C#N)cc1-c1cc(C)ncc1C(=O)Nc1nc2ncc(C(=O)N3CC[C@@H](N(C)C)C3)nc2s1. The highest BCUT2D eigenvalue weighted by Gasteiger charge is 2.29. The number of benzene rings is 1. The lowest BCUT2D eigenvalue weighted by atomic mass is 9.97. The van der Waals surface area contributed by atoms with Crippen molar-refractivity contribution in [2.24, 2.45) is 0 Å². The molecule has 3 aromatic heterocycles. The minimum Gasteiger partial charge on any atom is -0.496 e. The molecule has 1 fully saturated rings. The number of nitrogens with one attached hydrogen (secondary N) is 1. The third-order valence-electron chi connectivity index (χ3n) is 6.65. The number of hydrogen-bond acceptors (Lipinski definition) is 10. The van der Waals surface area contributed by atoms with E-state index in [-0.39, 0.29) is 22.3 Å². The Balaban J connectivity index is 1.41. The second-order valence-electron chi connectivity index (χ2n) is 9.41. The molecule has 0 spiro atoms. The van der Waals surface area contributed by atoms with Crippen LogP contribution in [0.5, 0.6) is 5.75 Å². The van der Waals surface area contributed by atoms with E-state index >= 15 is 0 Å². The van der Waals surface area contributed by atoms with Crippen LogP contribution in [0.25, 0.3) is 21.6 Å². The molecule has 1 saturated heterocycles. The van der Waals surface area contributed by atoms with Gasteiger partial charge in [-0.25, -0.2) is 9.97 Å². The number of aryl methyl sites for hydroxylation is 1. The number of methoxy groups -OCH3 is 1. The molecule has 39 heavy (non-hydrogen) atoms. The molecule has 1 aliphatic rings. The van der Waals surface area contributed by atoms with E-state index in [4.69, 9.17) is 4.74 Å². The summed E-state index contributed by atoms with van der Waals surface area (Å²) in [5.41, 5.74) is 3.18. The van der Waals surface area contributed by atoms with Crippen molar-refractivity contribution in [1.82, 2.24) is 29.7 Å². The van der Waals surface area contributed by atoms with Crippen LogP contribution < -0.4 is 10.1 Å². The molecule has 0 unspecified atom stereocenters. The van der Waals surface area contributed by atoms with Crippen LogP contribution >= 0.6 is 11.3 Å². The van der Waals surface area contributed by atoms with Crippen molar-refractivity contribution in [3.63, 3.8) is 0 Å². The van der Waals surface area contributed by atoms with E-state index in [2.05, 4.69) is 36.2 Å². The molecular weight excluding hydrogens is 516 g/mol. The molecular formula is C27H26N8O3S. The lowest BCUT2D eigenvalue weighted by molar-refractivity contribution is 0.0777. The van der Waals surface area contributed by atoms with Gasteiger partial charge in [-0.15, -0.1) is 0 Å². The van der Waals surface area contributed by atoms with Gasteiger partial charge in [0.2, 0.25) is 0 Å². The lowest BCUT2D eigenvalue weighted by Gasteiger charge is -2.20. The van der Waals surface area contributed by atoms with Crippen LogP contribution in [0.4, 0.5) is 5.13 Å². The molecule has 0 saturated carbocycles. The van der Waals surface area contributed by atoms with Gasteiger partial charge in [-0.3, -0.25) is 19.9 Å². The number of fused-ring (bicyclic) bond motifs is 1. The number of carbonyl (C=O) groups is 2. The van der Waals surface area contributed by atoms with Crippen LogP contribution in [0.3, 0.4) is 0 Å². The van der Waals surface area contributed by atoms with Crippen molar-refractivity contribution in [3.8, 4) is 22.9 Å². The topological polar surface area (TPSA) is 137 Å². The molecule has 1 atom stereocenters. The van der Waals surface area contributed by atoms with Gasteiger partial charge in [0, 0.05) is 42.1 Å². The van der Waals surface area contributed by atoms with Crippen LogP contribution in [-0.2, 0) is 0 Å². The van der Waals surface area contributed by atoms with Gasteiger partial charge in [-0.05, 0) is 51.7 Å². The Morgan fingerprint density at radius 2 is 2.00 bits per heavy atom. The molecule has 0 aliphatic carbocycles. The first kappa shape index (κ1) is 26.1. The van der Waals surface area contributed by atoms with E-state index < -0.39 is 5.91 Å². The predicted octanol–water partition coefficient (Wildman–Crippen LogP) is 3.37. The highest BCUT2D eigenvalue weighted by atomic mass is 32.1. The number of likely N-dealkylation sites (N-methyl/N-ethyl adjacent to an activating group) is 1. The fourth-order valence-corrected chi connectivity index (χ4v) is 5.30. The summed E-state index contributed by atoms with van der Waals surface area (Å²) in [4.78, 5) is 48.2. The summed E-state index contributed by atoms with van der Waals surface area (Å²) in [5, 5.41) is 12.5. The van der Waals surface area contributed by atoms with E-state index in [1.165, 1.54) is 19.5 Å². The zero-order valence-electron chi connectivity index (χ0n) is 21.9. The highest BCUT2D eigenvalue weighted by molar-refractivity contribution is 7.21. The number of anilines is 1. The third-order valence-corrected chi connectivity index (χ3v) is 7.50. The average Bonchev–Trinajstić information content (AvgIpc) is 3.59. The third kappa shape index (κ3) is 5.27. The summed E-state index contributed by atoms with van der Waals surface area (Å²) < 4.78 is 5.50. The number of aromatic nitrogens is 4. The minimum atomic E-state index is -0.441. The van der Waals surface area contributed by atoms with E-state index in [0.717, 1.165) is 17.8 Å². The summed E-state index contributed by atoms with van der Waals surface area (Å²) in [6, 6.07) is 9.23. The number of nitriles is 1. The zero-order chi connectivity index (χ0) is 27.7. The van der Waals surface area contributed by atoms with Gasteiger partial charge in [-0.2, -0.15) is 10.2 Å². The lowest BCUT2D eigenvalue weighted by Crippen LogP contribution is -2.34. The number of hydrogen-bond donors (Lipinski definition) is 1. The molecule has 4 aromatic rings. The van der Waals surface area contributed by atoms with E-state index in [0.29, 0.717) is 57.7 Å². The fraction of sp³-hybridized carbons (Fsp3) is 0.296. The van der Waals surface area contributed by atoms with Gasteiger partial charge < -0.3 is 14.5 Å². The number of nitrogens with zero attached hydrogens (tertiary/aromatic N) is 7. The molecule has 5 rings (SSSR count). The summed E-state index contributed by atoms with van der Waals surface area (Å²) >= 11 is 1.13. The smallest absolute Gasteiger partial charge is 0.274 e. The Hall–Kier alpha value is -4.47. The first-order chi connectivity index (χ1) is 18.8. The molecule has 11 nitrogen and oxygen atoms in total. The Morgan fingerprint density at radius 1 is 1.18 bits per heavy atom. The summed E-state index contributed by atoms with van der Waals surface area (Å²) in [6.45, 7) is 3.13. The normalized spacial score (nSPS) is 15.0. The molecule has 2 amide bonds. The quantitative estimate of drug-likeness (QED) is 0.389. The molecule has 12 heteroatoms. The maximum absolute atomic E-state index is 13.4. The Kier molecular flexibility index (Phi) is 7.19. The number of amides is 2. The van der Waals surface area contributed by atoms with Gasteiger partial charge in [0.25, 0.3) is 11.8 Å². The molecule has 0 bridgehead atoms. The first-order valence-electron chi connectivity index (χ1n) is 12.2. The first-order valence-corrected chi connectivity index (χ1v) is 13.0. The van der Waals surface area contributed by atoms with E-state index in [9.17, 15) is 14.9 Å². The average molecular weight is 543 g/mol. The number of rotatable bonds is 6. The second-order valence-corrected chi connectivity index (χ2v) is 10.4. The molecule has 1 N–H and O–H groups in total. The summed E-state index contributed by atoms with van der Waals surface area (Å²) in [5.74, 6) is -0.0881. The van der Waals surface area contributed by atoms with Crippen molar-refractivity contribution >= 4 is 38.8 Å². The monoisotopic (exact) mass is 542 g/mol. The Labute approximate surface area is 229 Å². The molecule has 0 radical (unpaired) electrons. The van der Waals surface area contributed by atoms with Crippen molar-refractivity contribution in [1.29, 1.82) is 5.26 Å². The minimum absolute atomic E-state index is 0.170. The number of likely N-dealkylation sites (tertiary alicyclic amines) is 1. The predicted molar refractivity (Wildman–Crippen MR) is 147 cm³/mol. The molecule has 1 aliphatic heterocycles. The summed E-state index contributed by atoms with van der Waals surface area (Å²) in [7, 11) is 5.55. The number of thiazole rings is 1. The Bertz CT molecular complexity index is 1630. The zero-order valence-corrected chi connectivity index (χ0v) is 22.7. The fourth-order valence-electron chi connectivity index (χ4n) is 4.50. The van der Waals surface area contributed by atoms with Crippen molar-refractivity contribution in [2.45, 2.75) is 19.4 Å². The maximum Gasteiger partial charge on any atom is 0.274 e. The van der Waals surface area contributed by atoms with Crippen LogP contribution in [-0.4, -0.2) is 81.9 Å². The second kappa shape index (κ2) is 10.7. The Morgan fingerprint density at radius 3 is 2.72 bits per heavy atom. The van der Waals surface area contributed by atoms with Gasteiger partial charge in [0.1, 0.15) is 11.4 Å². The van der Waals surface area contributed by atoms with Gasteiger partial charge in [-0.1, -0.05) is 11.3 Å². The van der Waals surface area contributed by atoms with Crippen LogP contribution in [0.1, 0.15) is 38.5 Å². The van der Waals surface area contributed by atoms with Crippen LogP contribution in [0.15, 0.2) is 36.7 Å². The van der Waals surface area contributed by atoms with Crippen molar-refractivity contribution < 1.29 is 14.3 Å². The van der Waals surface area contributed by atoms with E-state index in [1.807, 2.05) is 21.0 Å². The largest absolute Gasteiger partial charge is 0.496 e. The van der Waals surface area contributed by atoms with Gasteiger partial charge in [0.15, 0.2) is 15.6 Å². The standard InChI is InChI=1S/C27H26N8O3S/c1-15-9-18(19-10-16(11-28)5-6-22(19)38-4)20(12-29-15)24(36)33-27-32-23-25(39-27)31-21(13-30-23)26(37)35-8-7-17(14-35)34(2)3/h5-6,9-10,12-13,17H,7-8,14H2,1-4H3,(H,30,32,33,36)/t17-/m1/s1. The number of carbonyl (C=O) groups excluding carboxylic acids is 2. The van der Waals surface area contributed by atoms with E-state index in [1.54, 1.807) is 29.2 Å². The number of ether oxygens (including phenoxy) is 1. The molecule has 198 valence electrons. The molecule has 1 aromatic carbocycles. The van der Waals surface area contributed by atoms with Crippen LogP contribution in [0.2, 0.25) is 0 Å². The van der Waals surface area contributed by atoms with Crippen molar-refractivity contribution in [2.75, 3.05) is 39.6 Å². The maximum atomic E-state index is 13.4. The molecule has 4 heterocycles.